The van der Waals surface area contributed by atoms with E-state index in [1.807, 2.05) is 18.2 Å². The Morgan fingerprint density at radius 2 is 2.12 bits per heavy atom. The van der Waals surface area contributed by atoms with Crippen molar-refractivity contribution in [3.8, 4) is 5.69 Å². The van der Waals surface area contributed by atoms with Crippen molar-refractivity contribution in [1.29, 1.82) is 0 Å². The molecule has 1 aromatic heterocycles. The zero-order valence-electron chi connectivity index (χ0n) is 8.53. The quantitative estimate of drug-likeness (QED) is 0.917. The minimum Gasteiger partial charge on any atom is -0.330 e. The van der Waals surface area contributed by atoms with Gasteiger partial charge in [-0.25, -0.2) is 4.68 Å². The van der Waals surface area contributed by atoms with Crippen LogP contribution in [0.4, 0.5) is 0 Å². The third-order valence-electron chi connectivity index (χ3n) is 2.29. The molecule has 0 aliphatic heterocycles. The van der Waals surface area contributed by atoms with E-state index in [1.54, 1.807) is 17.1 Å². The van der Waals surface area contributed by atoms with Gasteiger partial charge >= 0.3 is 0 Å². The summed E-state index contributed by atoms with van der Waals surface area (Å²) in [5, 5.41) is 5.45. The van der Waals surface area contributed by atoms with Crippen molar-refractivity contribution in [3.05, 3.63) is 46.2 Å². The van der Waals surface area contributed by atoms with Gasteiger partial charge in [0.15, 0.2) is 0 Å². The van der Waals surface area contributed by atoms with Crippen molar-refractivity contribution in [3.63, 3.8) is 0 Å². The van der Waals surface area contributed by atoms with Gasteiger partial charge in [0.2, 0.25) is 0 Å². The van der Waals surface area contributed by atoms with Gasteiger partial charge in [-0.15, -0.1) is 0 Å². The Bertz CT molecular complexity index is 494. The average molecular weight is 256 g/mol. The van der Waals surface area contributed by atoms with Crippen molar-refractivity contribution < 1.29 is 0 Å². The molecule has 3 nitrogen and oxygen atoms in total. The van der Waals surface area contributed by atoms with E-state index in [4.69, 9.17) is 28.9 Å². The summed E-state index contributed by atoms with van der Waals surface area (Å²) in [6.45, 7) is 0.547. The van der Waals surface area contributed by atoms with Crippen molar-refractivity contribution in [1.82, 2.24) is 9.78 Å². The Morgan fingerprint density at radius 1 is 1.31 bits per heavy atom. The molecular formula is C11H11Cl2N3. The Kier molecular flexibility index (Phi) is 3.49. The summed E-state index contributed by atoms with van der Waals surface area (Å²) in [6, 6.07) is 5.68. The Hall–Kier alpha value is -1.03. The second kappa shape index (κ2) is 4.87. The highest BCUT2D eigenvalue weighted by atomic mass is 35.5. The normalized spacial score (nSPS) is 10.7. The summed E-state index contributed by atoms with van der Waals surface area (Å²) in [4.78, 5) is 0. The van der Waals surface area contributed by atoms with Crippen LogP contribution in [0.15, 0.2) is 30.6 Å². The van der Waals surface area contributed by atoms with Gasteiger partial charge in [0.25, 0.3) is 0 Å². The first-order valence-electron chi connectivity index (χ1n) is 4.90. The molecule has 84 valence electrons. The van der Waals surface area contributed by atoms with Crippen LogP contribution in [0.3, 0.4) is 0 Å². The molecule has 16 heavy (non-hydrogen) atoms. The van der Waals surface area contributed by atoms with Crippen molar-refractivity contribution in [2.24, 2.45) is 5.73 Å². The number of nitrogens with two attached hydrogens (primary N) is 1. The van der Waals surface area contributed by atoms with Gasteiger partial charge in [-0.1, -0.05) is 29.3 Å². The van der Waals surface area contributed by atoms with Crippen molar-refractivity contribution >= 4 is 23.2 Å². The molecule has 2 rings (SSSR count). The Balaban J connectivity index is 2.51. The van der Waals surface area contributed by atoms with Crippen LogP contribution in [-0.2, 0) is 6.42 Å². The lowest BCUT2D eigenvalue weighted by Crippen LogP contribution is -2.07. The lowest BCUT2D eigenvalue weighted by Gasteiger charge is -2.10. The average Bonchev–Trinajstić information content (AvgIpc) is 2.68. The highest BCUT2D eigenvalue weighted by Crippen LogP contribution is 2.24. The molecule has 0 unspecified atom stereocenters. The fraction of sp³-hybridized carbons (Fsp3) is 0.182. The maximum Gasteiger partial charge on any atom is 0.0790 e. The molecule has 0 atom stereocenters. The first-order chi connectivity index (χ1) is 7.72. The first kappa shape index (κ1) is 11.5. The van der Waals surface area contributed by atoms with Crippen molar-refractivity contribution in [2.75, 3.05) is 6.54 Å². The largest absolute Gasteiger partial charge is 0.330 e. The number of hydrogen-bond donors (Lipinski definition) is 1. The maximum atomic E-state index is 6.14. The molecule has 0 bridgehead atoms. The summed E-state index contributed by atoms with van der Waals surface area (Å²) < 4.78 is 1.71. The van der Waals surface area contributed by atoms with Gasteiger partial charge in [-0.2, -0.15) is 5.10 Å². The van der Waals surface area contributed by atoms with Gasteiger partial charge in [0.05, 0.1) is 16.9 Å². The van der Waals surface area contributed by atoms with E-state index in [0.717, 1.165) is 11.3 Å². The van der Waals surface area contributed by atoms with E-state index in [0.29, 0.717) is 23.0 Å². The summed E-state index contributed by atoms with van der Waals surface area (Å²) in [5.41, 5.74) is 7.48. The fourth-order valence-electron chi connectivity index (χ4n) is 1.59. The van der Waals surface area contributed by atoms with E-state index < -0.39 is 0 Å². The minimum atomic E-state index is 0.547. The molecule has 1 heterocycles. The molecule has 2 aromatic rings. The van der Waals surface area contributed by atoms with E-state index in [2.05, 4.69) is 5.10 Å². The molecular weight excluding hydrogens is 245 g/mol. The number of benzene rings is 1. The van der Waals surface area contributed by atoms with Crippen molar-refractivity contribution in [2.45, 2.75) is 6.42 Å². The first-order valence-corrected chi connectivity index (χ1v) is 5.66. The van der Waals surface area contributed by atoms with Crippen LogP contribution in [0.25, 0.3) is 5.69 Å². The van der Waals surface area contributed by atoms with Gasteiger partial charge in [-0.05, 0) is 30.7 Å². The van der Waals surface area contributed by atoms with Crippen LogP contribution in [0.5, 0.6) is 0 Å². The van der Waals surface area contributed by atoms with E-state index in [9.17, 15) is 0 Å². The zero-order valence-corrected chi connectivity index (χ0v) is 10.0. The number of hydrogen-bond acceptors (Lipinski definition) is 2. The summed E-state index contributed by atoms with van der Waals surface area (Å²) in [5.74, 6) is 0. The summed E-state index contributed by atoms with van der Waals surface area (Å²) >= 11 is 12.0. The van der Waals surface area contributed by atoms with Gasteiger partial charge < -0.3 is 5.73 Å². The molecule has 0 radical (unpaired) electrons. The number of aromatic nitrogens is 2. The number of rotatable bonds is 3. The molecule has 0 fully saturated rings. The molecule has 2 N–H and O–H groups in total. The van der Waals surface area contributed by atoms with Crippen LogP contribution in [0.1, 0.15) is 5.56 Å². The third kappa shape index (κ3) is 2.21. The lowest BCUT2D eigenvalue weighted by atomic mass is 10.1. The van der Waals surface area contributed by atoms with Gasteiger partial charge in [0.1, 0.15) is 0 Å². The molecule has 0 saturated carbocycles. The summed E-state index contributed by atoms with van der Waals surface area (Å²) in [6.07, 6.45) is 4.05. The standard InChI is InChI=1S/C11H11Cl2N3/c12-8-6-15-16(7-8)11-3-1-2-10(13)9(11)4-5-14/h1-3,6-7H,4-5,14H2. The molecule has 0 aliphatic rings. The number of halogens is 2. The number of nitrogens with zero attached hydrogens (tertiary/aromatic N) is 2. The maximum absolute atomic E-state index is 6.14. The highest BCUT2D eigenvalue weighted by Gasteiger charge is 2.08. The predicted molar refractivity (Wildman–Crippen MR) is 66.3 cm³/mol. The predicted octanol–water partition coefficient (Wildman–Crippen LogP) is 2.68. The monoisotopic (exact) mass is 255 g/mol. The van der Waals surface area contributed by atoms with Crippen LogP contribution in [0, 0.1) is 0 Å². The lowest BCUT2D eigenvalue weighted by molar-refractivity contribution is 0.851. The highest BCUT2D eigenvalue weighted by molar-refractivity contribution is 6.31. The van der Waals surface area contributed by atoms with E-state index in [1.165, 1.54) is 0 Å². The van der Waals surface area contributed by atoms with Gasteiger partial charge in [0, 0.05) is 11.2 Å². The SMILES string of the molecule is NCCc1c(Cl)cccc1-n1cc(Cl)cn1. The van der Waals surface area contributed by atoms with Crippen LogP contribution < -0.4 is 5.73 Å². The second-order valence-corrected chi connectivity index (χ2v) is 4.22. The van der Waals surface area contributed by atoms with Crippen LogP contribution in [-0.4, -0.2) is 16.3 Å². The zero-order chi connectivity index (χ0) is 11.5. The topological polar surface area (TPSA) is 43.8 Å². The molecule has 0 spiro atoms. The molecule has 1 aromatic carbocycles. The molecule has 0 saturated heterocycles. The molecule has 0 aliphatic carbocycles. The third-order valence-corrected chi connectivity index (χ3v) is 2.84. The van der Waals surface area contributed by atoms with E-state index in [-0.39, 0.29) is 0 Å². The minimum absolute atomic E-state index is 0.547. The smallest absolute Gasteiger partial charge is 0.0790 e. The van der Waals surface area contributed by atoms with Crippen LogP contribution in [0.2, 0.25) is 10.0 Å². The van der Waals surface area contributed by atoms with E-state index >= 15 is 0 Å². The second-order valence-electron chi connectivity index (χ2n) is 3.38. The molecule has 5 heteroatoms. The Morgan fingerprint density at radius 3 is 2.75 bits per heavy atom. The summed E-state index contributed by atoms with van der Waals surface area (Å²) in [7, 11) is 0. The molecule has 0 amide bonds. The Labute approximate surface area is 104 Å². The van der Waals surface area contributed by atoms with Gasteiger partial charge in [-0.3, -0.25) is 0 Å². The van der Waals surface area contributed by atoms with Crippen LogP contribution >= 0.6 is 23.2 Å². The fourth-order valence-corrected chi connectivity index (χ4v) is 1.99.